The van der Waals surface area contributed by atoms with Crippen LogP contribution in [-0.2, 0) is 39.0 Å². The van der Waals surface area contributed by atoms with Gasteiger partial charge in [-0.15, -0.1) is 0 Å². The Bertz CT molecular complexity index is 1440. The maximum atomic E-state index is 14.0. The van der Waals surface area contributed by atoms with Gasteiger partial charge < -0.3 is 10.2 Å². The number of benzene rings is 3. The number of hydrogen-bond acceptors (Lipinski definition) is 4. The van der Waals surface area contributed by atoms with Gasteiger partial charge in [0.05, 0.1) is 11.9 Å². The lowest BCUT2D eigenvalue weighted by molar-refractivity contribution is -0.142. The van der Waals surface area contributed by atoms with Crippen LogP contribution >= 0.6 is 15.9 Å². The van der Waals surface area contributed by atoms with Crippen LogP contribution in [0, 0.1) is 0 Å². The molecule has 0 spiro atoms. The van der Waals surface area contributed by atoms with Crippen LogP contribution in [0.2, 0.25) is 0 Å². The fourth-order valence-electron chi connectivity index (χ4n) is 4.74. The van der Waals surface area contributed by atoms with E-state index in [1.54, 1.807) is 17.0 Å². The molecular formula is C33H42BrN3O4S. The summed E-state index contributed by atoms with van der Waals surface area (Å²) in [7, 11) is -3.56. The summed E-state index contributed by atoms with van der Waals surface area (Å²) in [6, 6.07) is 24.0. The summed E-state index contributed by atoms with van der Waals surface area (Å²) in [6.07, 6.45) is 2.77. The van der Waals surface area contributed by atoms with Crippen LogP contribution in [0.4, 0.5) is 5.69 Å². The highest BCUT2D eigenvalue weighted by molar-refractivity contribution is 9.10. The summed E-state index contributed by atoms with van der Waals surface area (Å²) in [6.45, 7) is 8.18. The smallest absolute Gasteiger partial charge is 0.243 e. The molecule has 2 amide bonds. The van der Waals surface area contributed by atoms with Gasteiger partial charge in [-0.2, -0.15) is 0 Å². The molecule has 9 heteroatoms. The van der Waals surface area contributed by atoms with E-state index in [9.17, 15) is 18.0 Å². The minimum absolute atomic E-state index is 0.0845. The molecule has 0 aliphatic heterocycles. The molecule has 3 aromatic rings. The van der Waals surface area contributed by atoms with Crippen molar-refractivity contribution in [3.8, 4) is 0 Å². The normalized spacial score (nSPS) is 12.4. The lowest BCUT2D eigenvalue weighted by atomic mass is 10.00. The summed E-state index contributed by atoms with van der Waals surface area (Å²) >= 11 is 3.51. The molecule has 0 heterocycles. The number of carbonyl (C=O) groups is 2. The van der Waals surface area contributed by atoms with Crippen molar-refractivity contribution in [3.05, 3.63) is 100 Å². The SMILES string of the molecule is CCc1ccc(N(CCCC(=O)N(Cc2cccc(Br)c2)[C@@H](Cc2ccccc2)C(=O)NC(C)(C)C)S(C)(=O)=O)cc1. The van der Waals surface area contributed by atoms with Gasteiger partial charge in [-0.1, -0.05) is 77.5 Å². The third-order valence-electron chi connectivity index (χ3n) is 6.80. The molecule has 0 saturated carbocycles. The van der Waals surface area contributed by atoms with E-state index in [0.29, 0.717) is 18.5 Å². The van der Waals surface area contributed by atoms with Crippen molar-refractivity contribution >= 4 is 43.5 Å². The first kappa shape index (κ1) is 33.3. The third kappa shape index (κ3) is 10.3. The van der Waals surface area contributed by atoms with Gasteiger partial charge in [0.1, 0.15) is 6.04 Å². The molecule has 1 atom stereocenters. The number of carbonyl (C=O) groups excluding carboxylic acids is 2. The Morgan fingerprint density at radius 2 is 1.55 bits per heavy atom. The van der Waals surface area contributed by atoms with Gasteiger partial charge in [-0.25, -0.2) is 8.42 Å². The molecule has 0 bridgehead atoms. The standard InChI is InChI=1S/C33H42BrN3O4S/c1-6-25-17-19-29(20-18-25)37(42(5,40)41)21-11-16-31(38)36(24-27-14-10-15-28(34)22-27)30(32(39)35-33(2,3)4)23-26-12-8-7-9-13-26/h7-10,12-15,17-20,22,30H,6,11,16,21,23-24H2,1-5H3,(H,35,39)/t30-/m0/s1. The first-order valence-electron chi connectivity index (χ1n) is 14.2. The van der Waals surface area contributed by atoms with E-state index < -0.39 is 21.6 Å². The second kappa shape index (κ2) is 14.8. The molecule has 3 rings (SSSR count). The number of hydrogen-bond donors (Lipinski definition) is 1. The van der Waals surface area contributed by atoms with Crippen LogP contribution in [0.25, 0.3) is 0 Å². The summed E-state index contributed by atoms with van der Waals surface area (Å²) in [5, 5.41) is 3.07. The molecule has 0 radical (unpaired) electrons. The van der Waals surface area contributed by atoms with Crippen LogP contribution in [-0.4, -0.2) is 49.5 Å². The number of aryl methyl sites for hydroxylation is 1. The molecule has 0 aliphatic rings. The van der Waals surface area contributed by atoms with Crippen molar-refractivity contribution < 1.29 is 18.0 Å². The second-order valence-electron chi connectivity index (χ2n) is 11.6. The van der Waals surface area contributed by atoms with Crippen LogP contribution in [0.5, 0.6) is 0 Å². The van der Waals surface area contributed by atoms with Gasteiger partial charge in [-0.3, -0.25) is 13.9 Å². The molecule has 0 fully saturated rings. The number of amides is 2. The number of sulfonamides is 1. The molecule has 0 aromatic heterocycles. The zero-order valence-corrected chi connectivity index (χ0v) is 27.5. The number of halogens is 1. The van der Waals surface area contributed by atoms with Gasteiger partial charge in [-0.05, 0) is 74.6 Å². The average Bonchev–Trinajstić information content (AvgIpc) is 2.92. The lowest BCUT2D eigenvalue weighted by Crippen LogP contribution is -2.54. The van der Waals surface area contributed by atoms with Crippen molar-refractivity contribution in [1.82, 2.24) is 10.2 Å². The predicted molar refractivity (Wildman–Crippen MR) is 174 cm³/mol. The first-order valence-corrected chi connectivity index (χ1v) is 16.9. The zero-order valence-electron chi connectivity index (χ0n) is 25.1. The van der Waals surface area contributed by atoms with E-state index in [-0.39, 0.29) is 31.3 Å². The molecule has 7 nitrogen and oxygen atoms in total. The first-order chi connectivity index (χ1) is 19.8. The summed E-state index contributed by atoms with van der Waals surface area (Å²) < 4.78 is 27.6. The molecule has 0 aliphatic carbocycles. The van der Waals surface area contributed by atoms with Crippen LogP contribution in [0.1, 0.15) is 57.2 Å². The Morgan fingerprint density at radius 3 is 2.12 bits per heavy atom. The zero-order chi connectivity index (χ0) is 30.9. The third-order valence-corrected chi connectivity index (χ3v) is 8.48. The van der Waals surface area contributed by atoms with Crippen molar-refractivity contribution in [3.63, 3.8) is 0 Å². The van der Waals surface area contributed by atoms with Gasteiger partial charge in [0, 0.05) is 35.9 Å². The average molecular weight is 657 g/mol. The topological polar surface area (TPSA) is 86.8 Å². The lowest BCUT2D eigenvalue weighted by Gasteiger charge is -2.34. The maximum absolute atomic E-state index is 14.0. The largest absolute Gasteiger partial charge is 0.350 e. The van der Waals surface area contributed by atoms with Gasteiger partial charge in [0.25, 0.3) is 0 Å². The van der Waals surface area contributed by atoms with Crippen molar-refractivity contribution in [2.24, 2.45) is 0 Å². The Labute approximate surface area is 259 Å². The van der Waals surface area contributed by atoms with Crippen molar-refractivity contribution in [2.75, 3.05) is 17.1 Å². The minimum Gasteiger partial charge on any atom is -0.350 e. The van der Waals surface area contributed by atoms with Gasteiger partial charge in [0.15, 0.2) is 0 Å². The quantitative estimate of drug-likeness (QED) is 0.241. The molecule has 1 N–H and O–H groups in total. The summed E-state index contributed by atoms with van der Waals surface area (Å²) in [5.74, 6) is -0.446. The van der Waals surface area contributed by atoms with E-state index in [2.05, 4.69) is 21.2 Å². The van der Waals surface area contributed by atoms with E-state index >= 15 is 0 Å². The molecular weight excluding hydrogens is 614 g/mol. The number of rotatable bonds is 13. The molecule has 226 valence electrons. The van der Waals surface area contributed by atoms with E-state index in [1.165, 1.54) is 10.6 Å². The monoisotopic (exact) mass is 655 g/mol. The summed E-state index contributed by atoms with van der Waals surface area (Å²) in [5.41, 5.74) is 3.02. The Hall–Kier alpha value is -3.17. The Morgan fingerprint density at radius 1 is 0.905 bits per heavy atom. The fourth-order valence-corrected chi connectivity index (χ4v) is 6.15. The Balaban J connectivity index is 1.89. The highest BCUT2D eigenvalue weighted by atomic mass is 79.9. The Kier molecular flexibility index (Phi) is 11.8. The molecule has 3 aromatic carbocycles. The van der Waals surface area contributed by atoms with Crippen molar-refractivity contribution in [1.29, 1.82) is 0 Å². The van der Waals surface area contributed by atoms with E-state index in [1.807, 2.05) is 94.4 Å². The number of anilines is 1. The highest BCUT2D eigenvalue weighted by Crippen LogP contribution is 2.22. The fraction of sp³-hybridized carbons (Fsp3) is 0.394. The molecule has 0 unspecified atom stereocenters. The highest BCUT2D eigenvalue weighted by Gasteiger charge is 2.32. The van der Waals surface area contributed by atoms with E-state index in [4.69, 9.17) is 0 Å². The number of nitrogens with one attached hydrogen (secondary N) is 1. The predicted octanol–water partition coefficient (Wildman–Crippen LogP) is 6.11. The van der Waals surface area contributed by atoms with Crippen LogP contribution in [0.3, 0.4) is 0 Å². The van der Waals surface area contributed by atoms with Crippen LogP contribution in [0.15, 0.2) is 83.3 Å². The second-order valence-corrected chi connectivity index (χ2v) is 14.4. The molecule has 42 heavy (non-hydrogen) atoms. The van der Waals surface area contributed by atoms with Crippen LogP contribution < -0.4 is 9.62 Å². The number of nitrogens with zero attached hydrogens (tertiary/aromatic N) is 2. The van der Waals surface area contributed by atoms with Crippen molar-refractivity contribution in [2.45, 2.75) is 71.5 Å². The van der Waals surface area contributed by atoms with Gasteiger partial charge in [0.2, 0.25) is 21.8 Å². The minimum atomic E-state index is -3.56. The van der Waals surface area contributed by atoms with E-state index in [0.717, 1.165) is 27.6 Å². The van der Waals surface area contributed by atoms with Gasteiger partial charge >= 0.3 is 0 Å². The maximum Gasteiger partial charge on any atom is 0.243 e. The summed E-state index contributed by atoms with van der Waals surface area (Å²) in [4.78, 5) is 29.3. The molecule has 0 saturated heterocycles.